The molecule has 2 aromatic rings. The SMILES string of the molecule is CCC1N=C(c2ccccc2)c2ccccc2N1. The summed E-state index contributed by atoms with van der Waals surface area (Å²) in [5.41, 5.74) is 4.65. The lowest BCUT2D eigenvalue weighted by Crippen LogP contribution is -2.25. The van der Waals surface area contributed by atoms with E-state index in [2.05, 4.69) is 60.8 Å². The summed E-state index contributed by atoms with van der Waals surface area (Å²) >= 11 is 0. The molecule has 0 saturated carbocycles. The Morgan fingerprint density at radius 2 is 1.72 bits per heavy atom. The van der Waals surface area contributed by atoms with Gasteiger partial charge in [-0.2, -0.15) is 0 Å². The molecule has 2 nitrogen and oxygen atoms in total. The molecule has 1 heterocycles. The highest BCUT2D eigenvalue weighted by atomic mass is 15.1. The van der Waals surface area contributed by atoms with Crippen LogP contribution in [-0.2, 0) is 0 Å². The Balaban J connectivity index is 2.13. The van der Waals surface area contributed by atoms with Crippen molar-refractivity contribution in [2.45, 2.75) is 19.5 Å². The Kier molecular flexibility index (Phi) is 2.85. The van der Waals surface area contributed by atoms with E-state index in [1.165, 1.54) is 16.8 Å². The van der Waals surface area contributed by atoms with E-state index < -0.39 is 0 Å². The molecule has 18 heavy (non-hydrogen) atoms. The Labute approximate surface area is 107 Å². The van der Waals surface area contributed by atoms with Crippen molar-refractivity contribution < 1.29 is 0 Å². The van der Waals surface area contributed by atoms with E-state index >= 15 is 0 Å². The van der Waals surface area contributed by atoms with Crippen LogP contribution in [0.15, 0.2) is 59.6 Å². The Bertz CT molecular complexity index is 573. The second-order valence-electron chi connectivity index (χ2n) is 4.46. The Morgan fingerprint density at radius 3 is 2.50 bits per heavy atom. The molecule has 2 aromatic carbocycles. The second kappa shape index (κ2) is 4.65. The standard InChI is InChI=1S/C16H16N2/c1-2-15-17-14-11-7-6-10-13(14)16(18-15)12-8-4-3-5-9-12/h3-11,15,17H,2H2,1H3. The Hall–Kier alpha value is -2.09. The zero-order chi connectivity index (χ0) is 12.4. The minimum atomic E-state index is 0.176. The molecule has 2 heteroatoms. The van der Waals surface area contributed by atoms with Crippen LogP contribution in [0.25, 0.3) is 0 Å². The van der Waals surface area contributed by atoms with E-state index in [0.29, 0.717) is 0 Å². The molecule has 0 fully saturated rings. The van der Waals surface area contributed by atoms with Gasteiger partial charge >= 0.3 is 0 Å². The monoisotopic (exact) mass is 236 g/mol. The molecule has 0 amide bonds. The van der Waals surface area contributed by atoms with Crippen LogP contribution in [-0.4, -0.2) is 11.9 Å². The average Bonchev–Trinajstić information content (AvgIpc) is 2.47. The van der Waals surface area contributed by atoms with Gasteiger partial charge < -0.3 is 5.32 Å². The van der Waals surface area contributed by atoms with Crippen molar-refractivity contribution in [1.29, 1.82) is 0 Å². The number of nitrogens with zero attached hydrogens (tertiary/aromatic N) is 1. The van der Waals surface area contributed by atoms with Crippen LogP contribution in [0, 0.1) is 0 Å². The highest BCUT2D eigenvalue weighted by molar-refractivity contribution is 6.16. The van der Waals surface area contributed by atoms with Crippen LogP contribution >= 0.6 is 0 Å². The number of benzene rings is 2. The van der Waals surface area contributed by atoms with Crippen LogP contribution < -0.4 is 5.32 Å². The minimum absolute atomic E-state index is 0.176. The lowest BCUT2D eigenvalue weighted by atomic mass is 9.98. The first-order valence-electron chi connectivity index (χ1n) is 6.37. The molecule has 0 aliphatic carbocycles. The maximum Gasteiger partial charge on any atom is 0.119 e. The first kappa shape index (κ1) is 11.0. The zero-order valence-corrected chi connectivity index (χ0v) is 10.4. The summed E-state index contributed by atoms with van der Waals surface area (Å²) in [7, 11) is 0. The van der Waals surface area contributed by atoms with Crippen LogP contribution in [0.4, 0.5) is 5.69 Å². The normalized spacial score (nSPS) is 17.6. The van der Waals surface area contributed by atoms with Crippen molar-refractivity contribution >= 4 is 11.4 Å². The maximum absolute atomic E-state index is 4.82. The van der Waals surface area contributed by atoms with Crippen LogP contribution in [0.1, 0.15) is 24.5 Å². The molecule has 1 aliphatic heterocycles. The fraction of sp³-hybridized carbons (Fsp3) is 0.188. The predicted octanol–water partition coefficient (Wildman–Crippen LogP) is 3.69. The largest absolute Gasteiger partial charge is 0.363 e. The van der Waals surface area contributed by atoms with Gasteiger partial charge in [-0.3, -0.25) is 4.99 Å². The van der Waals surface area contributed by atoms with Gasteiger partial charge in [-0.25, -0.2) is 0 Å². The van der Waals surface area contributed by atoms with Gasteiger partial charge in [-0.15, -0.1) is 0 Å². The number of aliphatic imine (C=N–C) groups is 1. The molecule has 3 rings (SSSR count). The number of hydrogen-bond donors (Lipinski definition) is 1. The van der Waals surface area contributed by atoms with Crippen molar-refractivity contribution in [1.82, 2.24) is 0 Å². The fourth-order valence-corrected chi connectivity index (χ4v) is 2.27. The summed E-state index contributed by atoms with van der Waals surface area (Å²) in [4.78, 5) is 4.82. The highest BCUT2D eigenvalue weighted by Gasteiger charge is 2.19. The van der Waals surface area contributed by atoms with E-state index in [9.17, 15) is 0 Å². The van der Waals surface area contributed by atoms with Crippen LogP contribution in [0.3, 0.4) is 0 Å². The molecule has 1 atom stereocenters. The number of para-hydroxylation sites is 1. The zero-order valence-electron chi connectivity index (χ0n) is 10.4. The third kappa shape index (κ3) is 1.90. The van der Waals surface area contributed by atoms with Crippen molar-refractivity contribution in [3.05, 3.63) is 65.7 Å². The number of nitrogens with one attached hydrogen (secondary N) is 1. The van der Waals surface area contributed by atoms with Gasteiger partial charge in [0.15, 0.2) is 0 Å². The molecule has 1 unspecified atom stereocenters. The van der Waals surface area contributed by atoms with Crippen LogP contribution in [0.5, 0.6) is 0 Å². The molecule has 0 saturated heterocycles. The molecule has 0 aromatic heterocycles. The predicted molar refractivity (Wildman–Crippen MR) is 76.2 cm³/mol. The minimum Gasteiger partial charge on any atom is -0.363 e. The molecular formula is C16H16N2. The third-order valence-electron chi connectivity index (χ3n) is 3.22. The number of anilines is 1. The van der Waals surface area contributed by atoms with E-state index in [-0.39, 0.29) is 6.17 Å². The van der Waals surface area contributed by atoms with E-state index in [4.69, 9.17) is 4.99 Å². The maximum atomic E-state index is 4.82. The van der Waals surface area contributed by atoms with E-state index in [1.807, 2.05) is 6.07 Å². The summed E-state index contributed by atoms with van der Waals surface area (Å²) in [6.45, 7) is 2.15. The Morgan fingerprint density at radius 1 is 1.00 bits per heavy atom. The molecule has 0 radical (unpaired) electrons. The topological polar surface area (TPSA) is 24.4 Å². The smallest absolute Gasteiger partial charge is 0.119 e. The molecule has 0 spiro atoms. The van der Waals surface area contributed by atoms with Gasteiger partial charge in [0.1, 0.15) is 6.17 Å². The van der Waals surface area contributed by atoms with Crippen molar-refractivity contribution in [2.75, 3.05) is 5.32 Å². The molecule has 1 aliphatic rings. The molecule has 90 valence electrons. The molecule has 1 N–H and O–H groups in total. The highest BCUT2D eigenvalue weighted by Crippen LogP contribution is 2.26. The summed E-state index contributed by atoms with van der Waals surface area (Å²) in [5, 5.41) is 3.46. The number of rotatable bonds is 2. The summed E-state index contributed by atoms with van der Waals surface area (Å²) in [6.07, 6.45) is 1.17. The lowest BCUT2D eigenvalue weighted by molar-refractivity contribution is 0.726. The van der Waals surface area contributed by atoms with E-state index in [1.54, 1.807) is 0 Å². The number of fused-ring (bicyclic) bond motifs is 1. The third-order valence-corrected chi connectivity index (χ3v) is 3.22. The van der Waals surface area contributed by atoms with Gasteiger partial charge in [0, 0.05) is 16.8 Å². The lowest BCUT2D eigenvalue weighted by Gasteiger charge is -2.25. The van der Waals surface area contributed by atoms with Gasteiger partial charge in [-0.1, -0.05) is 55.5 Å². The van der Waals surface area contributed by atoms with Gasteiger partial charge in [0.2, 0.25) is 0 Å². The molecule has 0 bridgehead atoms. The first-order valence-corrected chi connectivity index (χ1v) is 6.37. The molecular weight excluding hydrogens is 220 g/mol. The van der Waals surface area contributed by atoms with Gasteiger partial charge in [-0.05, 0) is 12.5 Å². The fourth-order valence-electron chi connectivity index (χ4n) is 2.27. The quantitative estimate of drug-likeness (QED) is 0.845. The summed E-state index contributed by atoms with van der Waals surface area (Å²) in [6, 6.07) is 18.8. The summed E-state index contributed by atoms with van der Waals surface area (Å²) < 4.78 is 0. The second-order valence-corrected chi connectivity index (χ2v) is 4.46. The van der Waals surface area contributed by atoms with Crippen molar-refractivity contribution in [3.8, 4) is 0 Å². The summed E-state index contributed by atoms with van der Waals surface area (Å²) in [5.74, 6) is 0. The van der Waals surface area contributed by atoms with Crippen LogP contribution in [0.2, 0.25) is 0 Å². The van der Waals surface area contributed by atoms with Gasteiger partial charge in [0.05, 0.1) is 5.71 Å². The van der Waals surface area contributed by atoms with Crippen molar-refractivity contribution in [2.24, 2.45) is 4.99 Å². The average molecular weight is 236 g/mol. The van der Waals surface area contributed by atoms with Crippen molar-refractivity contribution in [3.63, 3.8) is 0 Å². The van der Waals surface area contributed by atoms with E-state index in [0.717, 1.165) is 12.1 Å². The van der Waals surface area contributed by atoms with Gasteiger partial charge in [0.25, 0.3) is 0 Å². The number of hydrogen-bond acceptors (Lipinski definition) is 2. The first-order chi connectivity index (χ1) is 8.88.